The highest BCUT2D eigenvalue weighted by Gasteiger charge is 2.31. The second-order valence-corrected chi connectivity index (χ2v) is 12.2. The molecule has 0 spiro atoms. The Hall–Kier alpha value is -4.80. The third kappa shape index (κ3) is 7.61. The van der Waals surface area contributed by atoms with Gasteiger partial charge in [0.15, 0.2) is 0 Å². The predicted molar refractivity (Wildman–Crippen MR) is 173 cm³/mol. The Morgan fingerprint density at radius 1 is 1.11 bits per heavy atom. The van der Waals surface area contributed by atoms with Crippen LogP contribution in [0.4, 0.5) is 8.78 Å². The lowest BCUT2D eigenvalue weighted by Gasteiger charge is -2.26. The fourth-order valence-electron chi connectivity index (χ4n) is 5.65. The van der Waals surface area contributed by atoms with Crippen molar-refractivity contribution in [3.63, 3.8) is 0 Å². The van der Waals surface area contributed by atoms with Crippen molar-refractivity contribution < 1.29 is 23.0 Å². The molecule has 3 aromatic carbocycles. The number of fused-ring (bicyclic) bond motifs is 1. The molecule has 0 aliphatic carbocycles. The Labute approximate surface area is 274 Å². The lowest BCUT2D eigenvalue weighted by molar-refractivity contribution is 0.0861. The van der Waals surface area contributed by atoms with E-state index in [4.69, 9.17) is 14.1 Å². The standard InChI is InChI=1S/C35H32F2N6O3S/c1-42(11-12-44)16-25-3-2-4-34-29(25)14-27(46-34)18-45-19-31(35-41-33(20-47-35)24-7-5-23(15-38)6-8-24)30(17-43-22-39-21-40-43)28-10-9-26(36)13-32(28)37/h2-10,13-14,20-22,30-31,44H,11-12,16-19H2,1H3/t30-,31-/m0/s1. The molecule has 6 aromatic rings. The van der Waals surface area contributed by atoms with Gasteiger partial charge in [0.05, 0.1) is 42.1 Å². The van der Waals surface area contributed by atoms with Gasteiger partial charge in [-0.1, -0.05) is 30.3 Å². The van der Waals surface area contributed by atoms with Crippen molar-refractivity contribution in [2.24, 2.45) is 0 Å². The topological polar surface area (TPSA) is 113 Å². The molecule has 0 aliphatic heterocycles. The maximum absolute atomic E-state index is 15.4. The maximum atomic E-state index is 15.4. The van der Waals surface area contributed by atoms with Crippen LogP contribution >= 0.6 is 11.3 Å². The molecule has 0 aliphatic rings. The summed E-state index contributed by atoms with van der Waals surface area (Å²) in [4.78, 5) is 11.0. The number of nitriles is 1. The van der Waals surface area contributed by atoms with Gasteiger partial charge >= 0.3 is 0 Å². The number of furan rings is 1. The van der Waals surface area contributed by atoms with E-state index in [1.54, 1.807) is 23.1 Å². The number of hydrogen-bond acceptors (Lipinski definition) is 9. The third-order valence-electron chi connectivity index (χ3n) is 8.01. The van der Waals surface area contributed by atoms with Gasteiger partial charge in [0.25, 0.3) is 0 Å². The van der Waals surface area contributed by atoms with Crippen LogP contribution in [0.3, 0.4) is 0 Å². The van der Waals surface area contributed by atoms with Crippen molar-refractivity contribution >= 4 is 22.3 Å². The molecule has 240 valence electrons. The lowest BCUT2D eigenvalue weighted by atomic mass is 9.86. The highest BCUT2D eigenvalue weighted by molar-refractivity contribution is 7.10. The number of halogens is 2. The molecule has 0 radical (unpaired) electrons. The molecule has 0 fully saturated rings. The first-order chi connectivity index (χ1) is 22.9. The summed E-state index contributed by atoms with van der Waals surface area (Å²) in [6.45, 7) is 1.84. The summed E-state index contributed by atoms with van der Waals surface area (Å²) in [5.41, 5.74) is 4.23. The minimum Gasteiger partial charge on any atom is -0.459 e. The Balaban J connectivity index is 1.31. The molecule has 3 heterocycles. The molecule has 0 saturated carbocycles. The summed E-state index contributed by atoms with van der Waals surface area (Å²) in [7, 11) is 1.95. The fraction of sp³-hybridized carbons (Fsp3) is 0.257. The number of aromatic nitrogens is 4. The number of ether oxygens (including phenoxy) is 1. The second-order valence-electron chi connectivity index (χ2n) is 11.3. The number of aliphatic hydroxyl groups is 1. The lowest BCUT2D eigenvalue weighted by Crippen LogP contribution is -2.23. The number of aliphatic hydroxyl groups excluding tert-OH is 1. The average Bonchev–Trinajstić information content (AvgIpc) is 3.85. The summed E-state index contributed by atoms with van der Waals surface area (Å²) >= 11 is 1.42. The van der Waals surface area contributed by atoms with E-state index in [2.05, 4.69) is 16.2 Å². The average molecular weight is 655 g/mol. The first-order valence-corrected chi connectivity index (χ1v) is 15.9. The van der Waals surface area contributed by atoms with Crippen LogP contribution in [0.2, 0.25) is 0 Å². The highest BCUT2D eigenvalue weighted by atomic mass is 32.1. The van der Waals surface area contributed by atoms with Gasteiger partial charge in [0, 0.05) is 47.3 Å². The van der Waals surface area contributed by atoms with Gasteiger partial charge < -0.3 is 14.3 Å². The minimum atomic E-state index is -0.667. The minimum absolute atomic E-state index is 0.0753. The largest absolute Gasteiger partial charge is 0.459 e. The van der Waals surface area contributed by atoms with Gasteiger partial charge in [-0.25, -0.2) is 18.7 Å². The molecule has 0 unspecified atom stereocenters. The molecule has 9 nitrogen and oxygen atoms in total. The predicted octanol–water partition coefficient (Wildman–Crippen LogP) is 6.51. The fourth-order valence-corrected chi connectivity index (χ4v) is 6.63. The van der Waals surface area contributed by atoms with Gasteiger partial charge in [-0.2, -0.15) is 10.4 Å². The third-order valence-corrected chi connectivity index (χ3v) is 8.99. The summed E-state index contributed by atoms with van der Waals surface area (Å²) in [5.74, 6) is -1.69. The molecule has 1 N–H and O–H groups in total. The molecule has 6 rings (SSSR count). The molecule has 47 heavy (non-hydrogen) atoms. The number of rotatable bonds is 14. The normalized spacial score (nSPS) is 12.9. The van der Waals surface area contributed by atoms with Crippen LogP contribution in [0.1, 0.15) is 39.3 Å². The Bertz CT molecular complexity index is 1970. The zero-order valence-corrected chi connectivity index (χ0v) is 26.4. The van der Waals surface area contributed by atoms with Crippen molar-refractivity contribution in [3.05, 3.63) is 124 Å². The first kappa shape index (κ1) is 32.2. The second kappa shape index (κ2) is 14.7. The molecular weight excluding hydrogens is 622 g/mol. The molecule has 12 heteroatoms. The van der Waals surface area contributed by atoms with Crippen LogP contribution in [0.5, 0.6) is 0 Å². The van der Waals surface area contributed by atoms with E-state index >= 15 is 4.39 Å². The number of thiazole rings is 1. The van der Waals surface area contributed by atoms with Gasteiger partial charge in [-0.3, -0.25) is 9.58 Å². The van der Waals surface area contributed by atoms with Crippen LogP contribution < -0.4 is 0 Å². The van der Waals surface area contributed by atoms with Crippen molar-refractivity contribution in [2.75, 3.05) is 26.8 Å². The van der Waals surface area contributed by atoms with Gasteiger partial charge in [-0.15, -0.1) is 11.3 Å². The maximum Gasteiger partial charge on any atom is 0.137 e. The van der Waals surface area contributed by atoms with Crippen molar-refractivity contribution in [1.82, 2.24) is 24.6 Å². The first-order valence-electron chi connectivity index (χ1n) is 15.0. The van der Waals surface area contributed by atoms with E-state index in [-0.39, 0.29) is 26.4 Å². The van der Waals surface area contributed by atoms with Crippen molar-refractivity contribution in [1.29, 1.82) is 5.26 Å². The highest BCUT2D eigenvalue weighted by Crippen LogP contribution is 2.39. The van der Waals surface area contributed by atoms with E-state index in [0.29, 0.717) is 35.0 Å². The van der Waals surface area contributed by atoms with Crippen LogP contribution in [0.25, 0.3) is 22.2 Å². The molecule has 0 saturated heterocycles. The van der Waals surface area contributed by atoms with Crippen LogP contribution in [-0.2, 0) is 24.4 Å². The molecule has 2 atom stereocenters. The summed E-state index contributed by atoms with van der Waals surface area (Å²) in [5, 5.41) is 26.4. The smallest absolute Gasteiger partial charge is 0.137 e. The number of hydrogen-bond donors (Lipinski definition) is 1. The van der Waals surface area contributed by atoms with Gasteiger partial charge in [-0.05, 0) is 48.5 Å². The van der Waals surface area contributed by atoms with Crippen LogP contribution in [-0.4, -0.2) is 56.6 Å². The van der Waals surface area contributed by atoms with Gasteiger partial charge in [0.1, 0.15) is 42.2 Å². The van der Waals surface area contributed by atoms with Gasteiger partial charge in [0.2, 0.25) is 0 Å². The zero-order chi connectivity index (χ0) is 32.8. The zero-order valence-electron chi connectivity index (χ0n) is 25.6. The Morgan fingerprint density at radius 3 is 2.70 bits per heavy atom. The Kier molecular flexibility index (Phi) is 10.1. The van der Waals surface area contributed by atoms with E-state index in [0.717, 1.165) is 33.9 Å². The number of benzene rings is 3. The van der Waals surface area contributed by atoms with Crippen LogP contribution in [0, 0.1) is 23.0 Å². The molecular formula is C35H32F2N6O3S. The van der Waals surface area contributed by atoms with E-state index in [9.17, 15) is 14.8 Å². The quantitative estimate of drug-likeness (QED) is 0.142. The summed E-state index contributed by atoms with van der Waals surface area (Å²) in [6.07, 6.45) is 2.97. The summed E-state index contributed by atoms with van der Waals surface area (Å²) < 4.78 is 43.5. The number of nitrogens with zero attached hydrogens (tertiary/aromatic N) is 6. The number of likely N-dealkylation sites (N-methyl/N-ethyl adjacent to an activating group) is 1. The van der Waals surface area contributed by atoms with Crippen molar-refractivity contribution in [3.8, 4) is 17.3 Å². The van der Waals surface area contributed by atoms with Crippen LogP contribution in [0.15, 0.2) is 89.2 Å². The van der Waals surface area contributed by atoms with Crippen molar-refractivity contribution in [2.45, 2.75) is 31.5 Å². The Morgan fingerprint density at radius 2 is 1.96 bits per heavy atom. The molecule has 0 amide bonds. The molecule has 3 aromatic heterocycles. The summed E-state index contributed by atoms with van der Waals surface area (Å²) in [6, 6.07) is 20.7. The molecule has 0 bridgehead atoms. The monoisotopic (exact) mass is 654 g/mol. The SMILES string of the molecule is CN(CCO)Cc1cccc2oc(COC[C@H](c3nc(-c4ccc(C#N)cc4)cs3)[C@@H](Cn3cncn3)c3ccc(F)cc3F)cc12. The van der Waals surface area contributed by atoms with E-state index in [1.807, 2.05) is 53.7 Å². The van der Waals surface area contributed by atoms with E-state index < -0.39 is 23.5 Å². The van der Waals surface area contributed by atoms with E-state index in [1.165, 1.54) is 29.8 Å².